The number of aromatic carboxylic acids is 2. The summed E-state index contributed by atoms with van der Waals surface area (Å²) in [5.74, 6) is -3.07. The minimum Gasteiger partial charge on any atom is -0.478 e. The number of nitrogens with two attached hydrogens (primary N) is 1. The predicted octanol–water partition coefficient (Wildman–Crippen LogP) is 1.79. The van der Waals surface area contributed by atoms with Crippen molar-refractivity contribution in [3.63, 3.8) is 0 Å². The molecule has 5 N–H and O–H groups in total. The lowest BCUT2D eigenvalue weighted by atomic mass is 10.1. The number of amides is 1. The van der Waals surface area contributed by atoms with Crippen molar-refractivity contribution >= 4 is 23.5 Å². The maximum Gasteiger partial charge on any atom is 0.335 e. The summed E-state index contributed by atoms with van der Waals surface area (Å²) in [4.78, 5) is 34.4. The summed E-state index contributed by atoms with van der Waals surface area (Å²) in [5, 5.41) is 20.6. The summed E-state index contributed by atoms with van der Waals surface area (Å²) in [6.45, 7) is 0.166. The minimum absolute atomic E-state index is 0.0825. The molecule has 0 aliphatic rings. The van der Waals surface area contributed by atoms with Crippen LogP contribution in [0.5, 0.6) is 0 Å². The van der Waals surface area contributed by atoms with Crippen molar-refractivity contribution in [3.8, 4) is 0 Å². The van der Waals surface area contributed by atoms with Crippen LogP contribution in [0.3, 0.4) is 0 Å². The Hall–Kier alpha value is -3.19. The van der Waals surface area contributed by atoms with E-state index in [4.69, 9.17) is 15.9 Å². The average molecular weight is 314 g/mol. The molecule has 0 radical (unpaired) electrons. The van der Waals surface area contributed by atoms with Gasteiger partial charge < -0.3 is 21.3 Å². The molecule has 118 valence electrons. The molecule has 0 aliphatic carbocycles. The fourth-order valence-electron chi connectivity index (χ4n) is 2.06. The first kappa shape index (κ1) is 16.2. The second-order valence-corrected chi connectivity index (χ2v) is 4.72. The molecule has 0 heterocycles. The van der Waals surface area contributed by atoms with Crippen LogP contribution in [0.25, 0.3) is 0 Å². The van der Waals surface area contributed by atoms with E-state index in [0.717, 1.165) is 6.07 Å². The molecule has 2 aromatic carbocycles. The number of anilines is 1. The van der Waals surface area contributed by atoms with Crippen molar-refractivity contribution in [2.45, 2.75) is 6.54 Å². The third kappa shape index (κ3) is 3.72. The summed E-state index contributed by atoms with van der Waals surface area (Å²) >= 11 is 0. The molecule has 0 spiro atoms. The van der Waals surface area contributed by atoms with E-state index >= 15 is 0 Å². The topological polar surface area (TPSA) is 130 Å². The summed E-state index contributed by atoms with van der Waals surface area (Å²) in [5.41, 5.74) is 6.16. The molecule has 23 heavy (non-hydrogen) atoms. The van der Waals surface area contributed by atoms with E-state index in [-0.39, 0.29) is 23.4 Å². The molecule has 0 bridgehead atoms. The zero-order valence-corrected chi connectivity index (χ0v) is 11.9. The highest BCUT2D eigenvalue weighted by molar-refractivity contribution is 6.06. The van der Waals surface area contributed by atoms with E-state index in [9.17, 15) is 14.4 Å². The Balaban J connectivity index is 2.37. The molecule has 0 atom stereocenters. The van der Waals surface area contributed by atoms with Gasteiger partial charge in [-0.1, -0.05) is 18.2 Å². The van der Waals surface area contributed by atoms with E-state index in [0.29, 0.717) is 11.1 Å². The van der Waals surface area contributed by atoms with Gasteiger partial charge in [0.2, 0.25) is 0 Å². The zero-order chi connectivity index (χ0) is 17.0. The van der Waals surface area contributed by atoms with E-state index in [1.807, 2.05) is 0 Å². The lowest BCUT2D eigenvalue weighted by Crippen LogP contribution is -2.16. The van der Waals surface area contributed by atoms with Gasteiger partial charge in [0, 0.05) is 17.8 Å². The van der Waals surface area contributed by atoms with Crippen LogP contribution in [0.2, 0.25) is 0 Å². The molecule has 0 unspecified atom stereocenters. The molecule has 7 nitrogen and oxygen atoms in total. The summed E-state index contributed by atoms with van der Waals surface area (Å²) in [7, 11) is 0. The molecule has 0 aliphatic heterocycles. The van der Waals surface area contributed by atoms with Gasteiger partial charge in [-0.15, -0.1) is 0 Å². The molecule has 2 rings (SSSR count). The van der Waals surface area contributed by atoms with Gasteiger partial charge in [0.15, 0.2) is 0 Å². The molecule has 1 amide bonds. The Morgan fingerprint density at radius 2 is 1.52 bits per heavy atom. The largest absolute Gasteiger partial charge is 0.478 e. The van der Waals surface area contributed by atoms with Crippen molar-refractivity contribution in [2.75, 3.05) is 5.32 Å². The predicted molar refractivity (Wildman–Crippen MR) is 82.6 cm³/mol. The normalized spacial score (nSPS) is 10.1. The first-order valence-electron chi connectivity index (χ1n) is 6.63. The van der Waals surface area contributed by atoms with E-state index in [1.165, 1.54) is 12.1 Å². The van der Waals surface area contributed by atoms with Crippen LogP contribution in [-0.2, 0) is 6.54 Å². The van der Waals surface area contributed by atoms with Crippen LogP contribution >= 0.6 is 0 Å². The van der Waals surface area contributed by atoms with Crippen molar-refractivity contribution < 1.29 is 24.6 Å². The SMILES string of the molecule is NCc1ccccc1C(=O)Nc1cc(C(=O)O)cc(C(=O)O)c1. The van der Waals surface area contributed by atoms with E-state index in [2.05, 4.69) is 5.32 Å². The van der Waals surface area contributed by atoms with Gasteiger partial charge in [0.25, 0.3) is 5.91 Å². The molecule has 0 fully saturated rings. The van der Waals surface area contributed by atoms with Gasteiger partial charge in [0.05, 0.1) is 11.1 Å². The summed E-state index contributed by atoms with van der Waals surface area (Å²) < 4.78 is 0. The Morgan fingerprint density at radius 1 is 0.957 bits per heavy atom. The lowest BCUT2D eigenvalue weighted by Gasteiger charge is -2.10. The standard InChI is InChI=1S/C16H14N2O5/c17-8-9-3-1-2-4-13(9)14(19)18-12-6-10(15(20)21)5-11(7-12)16(22)23/h1-7H,8,17H2,(H,18,19)(H,20,21)(H,22,23). The monoisotopic (exact) mass is 314 g/mol. The maximum absolute atomic E-state index is 12.3. The highest BCUT2D eigenvalue weighted by Crippen LogP contribution is 2.18. The molecule has 7 heteroatoms. The van der Waals surface area contributed by atoms with Gasteiger partial charge in [-0.05, 0) is 29.8 Å². The Morgan fingerprint density at radius 3 is 2.04 bits per heavy atom. The minimum atomic E-state index is -1.29. The first-order valence-corrected chi connectivity index (χ1v) is 6.63. The molecule has 2 aromatic rings. The zero-order valence-electron chi connectivity index (χ0n) is 11.9. The number of carbonyl (C=O) groups is 3. The Labute approximate surface area is 131 Å². The molecule has 0 aromatic heterocycles. The highest BCUT2D eigenvalue weighted by Gasteiger charge is 2.15. The summed E-state index contributed by atoms with van der Waals surface area (Å²) in [6.07, 6.45) is 0. The smallest absolute Gasteiger partial charge is 0.335 e. The maximum atomic E-state index is 12.3. The van der Waals surface area contributed by atoms with Gasteiger partial charge in [0.1, 0.15) is 0 Å². The number of carboxylic acid groups (broad SMARTS) is 2. The van der Waals surface area contributed by atoms with E-state index < -0.39 is 17.8 Å². The second kappa shape index (κ2) is 6.71. The number of hydrogen-bond donors (Lipinski definition) is 4. The van der Waals surface area contributed by atoms with Crippen LogP contribution in [-0.4, -0.2) is 28.1 Å². The number of nitrogens with one attached hydrogen (secondary N) is 1. The molecule has 0 saturated heterocycles. The van der Waals surface area contributed by atoms with Crippen molar-refractivity contribution in [3.05, 3.63) is 64.7 Å². The highest BCUT2D eigenvalue weighted by atomic mass is 16.4. The molecular weight excluding hydrogens is 300 g/mol. The second-order valence-electron chi connectivity index (χ2n) is 4.72. The first-order chi connectivity index (χ1) is 10.9. The quantitative estimate of drug-likeness (QED) is 0.665. The number of benzene rings is 2. The Bertz CT molecular complexity index is 754. The third-order valence-electron chi connectivity index (χ3n) is 3.17. The Kier molecular flexibility index (Phi) is 4.72. The fourth-order valence-corrected chi connectivity index (χ4v) is 2.06. The lowest BCUT2D eigenvalue weighted by molar-refractivity contribution is 0.0696. The number of hydrogen-bond acceptors (Lipinski definition) is 4. The molecule has 0 saturated carbocycles. The third-order valence-corrected chi connectivity index (χ3v) is 3.17. The van der Waals surface area contributed by atoms with Gasteiger partial charge in [-0.25, -0.2) is 9.59 Å². The van der Waals surface area contributed by atoms with E-state index in [1.54, 1.807) is 24.3 Å². The van der Waals surface area contributed by atoms with Crippen LogP contribution in [0.1, 0.15) is 36.6 Å². The number of carbonyl (C=O) groups excluding carboxylic acids is 1. The number of carboxylic acids is 2. The van der Waals surface area contributed by atoms with Gasteiger partial charge in [-0.2, -0.15) is 0 Å². The number of rotatable bonds is 5. The fraction of sp³-hybridized carbons (Fsp3) is 0.0625. The van der Waals surface area contributed by atoms with Crippen molar-refractivity contribution in [1.82, 2.24) is 0 Å². The van der Waals surface area contributed by atoms with Crippen molar-refractivity contribution in [2.24, 2.45) is 5.73 Å². The van der Waals surface area contributed by atoms with Crippen LogP contribution < -0.4 is 11.1 Å². The van der Waals surface area contributed by atoms with Gasteiger partial charge >= 0.3 is 11.9 Å². The van der Waals surface area contributed by atoms with Gasteiger partial charge in [-0.3, -0.25) is 4.79 Å². The van der Waals surface area contributed by atoms with Crippen molar-refractivity contribution in [1.29, 1.82) is 0 Å². The molecular formula is C16H14N2O5. The average Bonchev–Trinajstić information content (AvgIpc) is 2.54. The van der Waals surface area contributed by atoms with Crippen LogP contribution in [0, 0.1) is 0 Å². The summed E-state index contributed by atoms with van der Waals surface area (Å²) in [6, 6.07) is 10.1. The van der Waals surface area contributed by atoms with Crippen LogP contribution in [0.4, 0.5) is 5.69 Å². The van der Waals surface area contributed by atoms with Crippen LogP contribution in [0.15, 0.2) is 42.5 Å².